The summed E-state index contributed by atoms with van der Waals surface area (Å²) in [6, 6.07) is 33.6. The summed E-state index contributed by atoms with van der Waals surface area (Å²) in [5, 5.41) is 4.01. The third-order valence-electron chi connectivity index (χ3n) is 10.7. The van der Waals surface area contributed by atoms with Gasteiger partial charge in [0.1, 0.15) is 0 Å². The summed E-state index contributed by atoms with van der Waals surface area (Å²) in [4.78, 5) is 10.3. The van der Waals surface area contributed by atoms with Crippen molar-refractivity contribution < 1.29 is 0 Å². The Labute approximate surface area is 263 Å². The van der Waals surface area contributed by atoms with Crippen LogP contribution in [0.15, 0.2) is 97.2 Å². The van der Waals surface area contributed by atoms with Crippen molar-refractivity contribution in [3.8, 4) is 28.3 Å². The van der Waals surface area contributed by atoms with Crippen LogP contribution in [0.5, 0.6) is 0 Å². The van der Waals surface area contributed by atoms with Gasteiger partial charge in [0.15, 0.2) is 0 Å². The molecule has 0 saturated carbocycles. The molecular weight excluding hydrogens is 551 g/mol. The van der Waals surface area contributed by atoms with Gasteiger partial charge in [0, 0.05) is 27.9 Å². The molecule has 4 aromatic carbocycles. The van der Waals surface area contributed by atoms with Crippen LogP contribution in [0.4, 0.5) is 0 Å². The van der Waals surface area contributed by atoms with E-state index in [4.69, 9.17) is 9.97 Å². The Bertz CT molecular complexity index is 2020. The molecule has 0 aliphatic heterocycles. The van der Waals surface area contributed by atoms with Gasteiger partial charge in [-0.2, -0.15) is 0 Å². The Morgan fingerprint density at radius 2 is 1.39 bits per heavy atom. The smallest absolute Gasteiger partial charge is 0.235 e. The first-order chi connectivity index (χ1) is 21.1. The average Bonchev–Trinajstić information content (AvgIpc) is 3.46. The molecule has 6 aromatic rings. The summed E-state index contributed by atoms with van der Waals surface area (Å²) < 4.78 is 2.32. The molecule has 0 amide bonds. The molecule has 0 bridgehead atoms. The maximum atomic E-state index is 5.33. The minimum absolute atomic E-state index is 0.151. The van der Waals surface area contributed by atoms with Crippen LogP contribution in [0.3, 0.4) is 0 Å². The molecular formula is C40H43N3Si. The fourth-order valence-corrected chi connectivity index (χ4v) is 15.9. The normalized spacial score (nSPS) is 14.2. The van der Waals surface area contributed by atoms with Crippen molar-refractivity contribution in [3.63, 3.8) is 0 Å². The lowest BCUT2D eigenvalue weighted by molar-refractivity contribution is 0.663. The molecule has 1 aliphatic rings. The SMILES string of the molecule is CC(C)[Si](c1cccc(-c2ccnc(-n3c4ccccc4c4ccc5c(c43)C(C)(C)c3ccccc3-5)n2)c1)(C(C)C)C(C)C. The first kappa shape index (κ1) is 28.7. The van der Waals surface area contributed by atoms with Crippen LogP contribution in [0.25, 0.3) is 50.1 Å². The van der Waals surface area contributed by atoms with Crippen LogP contribution >= 0.6 is 0 Å². The highest BCUT2D eigenvalue weighted by Gasteiger charge is 2.44. The van der Waals surface area contributed by atoms with E-state index in [1.807, 2.05) is 6.20 Å². The lowest BCUT2D eigenvalue weighted by Crippen LogP contribution is -2.55. The minimum atomic E-state index is -1.81. The van der Waals surface area contributed by atoms with Crippen LogP contribution in [-0.2, 0) is 5.41 Å². The van der Waals surface area contributed by atoms with Crippen LogP contribution < -0.4 is 5.19 Å². The van der Waals surface area contributed by atoms with Crippen LogP contribution in [0, 0.1) is 0 Å². The Morgan fingerprint density at radius 1 is 0.682 bits per heavy atom. The van der Waals surface area contributed by atoms with Crippen molar-refractivity contribution in [2.75, 3.05) is 0 Å². The number of rotatable bonds is 6. The van der Waals surface area contributed by atoms with Gasteiger partial charge >= 0.3 is 0 Å². The highest BCUT2D eigenvalue weighted by Crippen LogP contribution is 2.52. The molecule has 0 saturated heterocycles. The molecule has 44 heavy (non-hydrogen) atoms. The number of nitrogens with zero attached hydrogens (tertiary/aromatic N) is 3. The maximum absolute atomic E-state index is 5.33. The Hall–Kier alpha value is -4.02. The summed E-state index contributed by atoms with van der Waals surface area (Å²) in [6.07, 6.45) is 1.94. The molecule has 0 atom stereocenters. The van der Waals surface area contributed by atoms with Gasteiger partial charge in [-0.15, -0.1) is 0 Å². The maximum Gasteiger partial charge on any atom is 0.235 e. The van der Waals surface area contributed by atoms with Crippen molar-refractivity contribution in [2.45, 2.75) is 77.4 Å². The predicted octanol–water partition coefficient (Wildman–Crippen LogP) is 10.4. The molecule has 3 nitrogen and oxygen atoms in total. The topological polar surface area (TPSA) is 30.7 Å². The predicted molar refractivity (Wildman–Crippen MR) is 190 cm³/mol. The van der Waals surface area contributed by atoms with Gasteiger partial charge in [-0.3, -0.25) is 4.57 Å². The number of fused-ring (bicyclic) bond motifs is 7. The number of para-hydroxylation sites is 1. The molecule has 222 valence electrons. The molecule has 1 aliphatic carbocycles. The third kappa shape index (κ3) is 3.93. The van der Waals surface area contributed by atoms with E-state index in [0.29, 0.717) is 16.6 Å². The number of hydrogen-bond acceptors (Lipinski definition) is 2. The Kier molecular flexibility index (Phi) is 6.71. The summed E-state index contributed by atoms with van der Waals surface area (Å²) >= 11 is 0. The van der Waals surface area contributed by atoms with E-state index in [2.05, 4.69) is 151 Å². The highest BCUT2D eigenvalue weighted by atomic mass is 28.3. The summed E-state index contributed by atoms with van der Waals surface area (Å²) in [5.41, 5.74) is 11.6. The molecule has 0 N–H and O–H groups in total. The van der Waals surface area contributed by atoms with Crippen LogP contribution in [0.2, 0.25) is 16.6 Å². The van der Waals surface area contributed by atoms with Gasteiger partial charge in [-0.25, -0.2) is 9.97 Å². The van der Waals surface area contributed by atoms with Gasteiger partial charge in [-0.05, 0) is 51.0 Å². The van der Waals surface area contributed by atoms with Crippen molar-refractivity contribution in [1.82, 2.24) is 14.5 Å². The summed E-state index contributed by atoms with van der Waals surface area (Å²) in [7, 11) is -1.81. The van der Waals surface area contributed by atoms with E-state index < -0.39 is 8.07 Å². The van der Waals surface area contributed by atoms with E-state index in [1.54, 1.807) is 0 Å². The molecule has 0 fully saturated rings. The Balaban J connectivity index is 1.47. The van der Waals surface area contributed by atoms with Gasteiger partial charge < -0.3 is 0 Å². The lowest BCUT2D eigenvalue weighted by atomic mass is 9.81. The number of benzene rings is 4. The second-order valence-corrected chi connectivity index (χ2v) is 20.0. The van der Waals surface area contributed by atoms with Crippen molar-refractivity contribution in [2.24, 2.45) is 0 Å². The summed E-state index contributed by atoms with van der Waals surface area (Å²) in [6.45, 7) is 19.3. The summed E-state index contributed by atoms with van der Waals surface area (Å²) in [5.74, 6) is 0.722. The second-order valence-electron chi connectivity index (χ2n) is 14.1. The van der Waals surface area contributed by atoms with Crippen LogP contribution in [-0.4, -0.2) is 22.6 Å². The minimum Gasteiger partial charge on any atom is -0.278 e. The van der Waals surface area contributed by atoms with E-state index in [1.165, 1.54) is 49.3 Å². The molecule has 7 rings (SSSR count). The quantitative estimate of drug-likeness (QED) is 0.180. The number of hydrogen-bond donors (Lipinski definition) is 0. The average molecular weight is 594 g/mol. The van der Waals surface area contributed by atoms with Gasteiger partial charge in [0.05, 0.1) is 24.8 Å². The van der Waals surface area contributed by atoms with Gasteiger partial charge in [-0.1, -0.05) is 139 Å². The van der Waals surface area contributed by atoms with Crippen molar-refractivity contribution in [1.29, 1.82) is 0 Å². The second kappa shape index (κ2) is 10.3. The first-order valence-electron chi connectivity index (χ1n) is 16.2. The molecule has 2 heterocycles. The number of aromatic nitrogens is 3. The molecule has 4 heteroatoms. The third-order valence-corrected chi connectivity index (χ3v) is 17.8. The van der Waals surface area contributed by atoms with Crippen LogP contribution in [0.1, 0.15) is 66.5 Å². The van der Waals surface area contributed by atoms with E-state index in [0.717, 1.165) is 17.2 Å². The lowest BCUT2D eigenvalue weighted by Gasteiger charge is -2.43. The molecule has 0 radical (unpaired) electrons. The zero-order valence-corrected chi connectivity index (χ0v) is 28.3. The van der Waals surface area contributed by atoms with E-state index in [-0.39, 0.29) is 5.41 Å². The van der Waals surface area contributed by atoms with Crippen molar-refractivity contribution >= 4 is 35.1 Å². The van der Waals surface area contributed by atoms with E-state index in [9.17, 15) is 0 Å². The largest absolute Gasteiger partial charge is 0.278 e. The highest BCUT2D eigenvalue weighted by molar-refractivity contribution is 6.95. The zero-order valence-electron chi connectivity index (χ0n) is 27.3. The van der Waals surface area contributed by atoms with E-state index >= 15 is 0 Å². The fourth-order valence-electron chi connectivity index (χ4n) is 9.08. The first-order valence-corrected chi connectivity index (χ1v) is 18.4. The van der Waals surface area contributed by atoms with Crippen molar-refractivity contribution in [3.05, 3.63) is 108 Å². The zero-order chi connectivity index (χ0) is 31.0. The molecule has 0 spiro atoms. The fraction of sp³-hybridized carbons (Fsp3) is 0.300. The monoisotopic (exact) mass is 593 g/mol. The molecule has 0 unspecified atom stereocenters. The molecule has 2 aromatic heterocycles. The van der Waals surface area contributed by atoms with Gasteiger partial charge in [0.2, 0.25) is 5.95 Å². The van der Waals surface area contributed by atoms with Gasteiger partial charge in [0.25, 0.3) is 0 Å². The standard InChI is InChI=1S/C40H43N3Si/c1-25(2)44(26(3)4,27(5)6)29-15-13-14-28(24-29)35-22-23-41-39(42-35)43-36-19-12-10-17-31(36)33-21-20-32-30-16-9-11-18-34(30)40(7,8)37(32)38(33)43/h9-27H,1-8H3. The Morgan fingerprint density at radius 3 is 2.14 bits per heavy atom.